The Morgan fingerprint density at radius 3 is 2.69 bits per heavy atom. The van der Waals surface area contributed by atoms with Gasteiger partial charge in [-0.1, -0.05) is 23.7 Å². The molecule has 0 radical (unpaired) electrons. The monoisotopic (exact) mass is 416 g/mol. The van der Waals surface area contributed by atoms with Gasteiger partial charge in [0.05, 0.1) is 12.1 Å². The predicted molar refractivity (Wildman–Crippen MR) is 111 cm³/mol. The van der Waals surface area contributed by atoms with Crippen molar-refractivity contribution in [2.24, 2.45) is 0 Å². The van der Waals surface area contributed by atoms with E-state index in [0.29, 0.717) is 34.9 Å². The quantitative estimate of drug-likeness (QED) is 0.598. The number of oxazole rings is 1. The highest BCUT2D eigenvalue weighted by atomic mass is 35.5. The van der Waals surface area contributed by atoms with E-state index in [2.05, 4.69) is 10.6 Å². The molecule has 1 aromatic heterocycles. The zero-order chi connectivity index (χ0) is 21.0. The molecular weight excluding hydrogens is 396 g/mol. The summed E-state index contributed by atoms with van der Waals surface area (Å²) < 4.78 is 6.70. The first-order valence-corrected chi connectivity index (χ1v) is 9.33. The van der Waals surface area contributed by atoms with E-state index in [1.165, 1.54) is 4.57 Å². The summed E-state index contributed by atoms with van der Waals surface area (Å²) in [5, 5.41) is 5.60. The topological polar surface area (TPSA) is 96.6 Å². The first-order chi connectivity index (χ1) is 13.8. The van der Waals surface area contributed by atoms with Gasteiger partial charge in [-0.2, -0.15) is 0 Å². The number of anilines is 1. The fourth-order valence-corrected chi connectivity index (χ4v) is 2.94. The standard InChI is InChI=1S/C20H21ClN4O4/c1-24(2)9-8-22-18(26)19(27)23-15-5-3-4-13(10-15)12-25-16-7-6-14(21)11-17(16)29-20(25)28/h3-7,10-11H,8-9,12H2,1-2H3,(H,22,26)(H,23,27). The van der Waals surface area contributed by atoms with Crippen molar-refractivity contribution in [1.82, 2.24) is 14.8 Å². The third kappa shape index (κ3) is 5.24. The Kier molecular flexibility index (Phi) is 6.36. The van der Waals surface area contributed by atoms with Gasteiger partial charge >= 0.3 is 17.6 Å². The SMILES string of the molecule is CN(C)CCNC(=O)C(=O)Nc1cccc(Cn2c(=O)oc3cc(Cl)ccc32)c1. The van der Waals surface area contributed by atoms with Crippen molar-refractivity contribution < 1.29 is 14.0 Å². The van der Waals surface area contributed by atoms with E-state index in [0.717, 1.165) is 5.56 Å². The number of likely N-dealkylation sites (N-methyl/N-ethyl adjacent to an activating group) is 1. The number of nitrogens with zero attached hydrogens (tertiary/aromatic N) is 2. The molecule has 2 N–H and O–H groups in total. The molecule has 9 heteroatoms. The number of benzene rings is 2. The lowest BCUT2D eigenvalue weighted by Gasteiger charge is -2.11. The normalized spacial score (nSPS) is 11.0. The van der Waals surface area contributed by atoms with Gasteiger partial charge in [0.25, 0.3) is 0 Å². The van der Waals surface area contributed by atoms with E-state index < -0.39 is 17.6 Å². The second kappa shape index (κ2) is 8.93. The first-order valence-electron chi connectivity index (χ1n) is 8.95. The zero-order valence-corrected chi connectivity index (χ0v) is 16.8. The maximum Gasteiger partial charge on any atom is 0.420 e. The number of carbonyl (C=O) groups is 2. The smallest absolute Gasteiger partial charge is 0.408 e. The average Bonchev–Trinajstić information content (AvgIpc) is 2.96. The van der Waals surface area contributed by atoms with E-state index in [1.54, 1.807) is 36.4 Å². The van der Waals surface area contributed by atoms with Crippen LogP contribution in [0.1, 0.15) is 5.56 Å². The molecule has 29 heavy (non-hydrogen) atoms. The Balaban J connectivity index is 1.70. The number of amides is 2. The van der Waals surface area contributed by atoms with Gasteiger partial charge in [-0.25, -0.2) is 4.79 Å². The van der Waals surface area contributed by atoms with E-state index in [9.17, 15) is 14.4 Å². The molecule has 8 nitrogen and oxygen atoms in total. The summed E-state index contributed by atoms with van der Waals surface area (Å²) in [7, 11) is 3.75. The number of nitrogens with one attached hydrogen (secondary N) is 2. The maximum absolute atomic E-state index is 12.2. The largest absolute Gasteiger partial charge is 0.420 e. The van der Waals surface area contributed by atoms with Crippen molar-refractivity contribution in [2.45, 2.75) is 6.54 Å². The summed E-state index contributed by atoms with van der Waals surface area (Å²) in [6, 6.07) is 11.9. The molecule has 2 aromatic carbocycles. The first kappa shape index (κ1) is 20.6. The molecule has 152 valence electrons. The number of carbonyl (C=O) groups excluding carboxylic acids is 2. The van der Waals surface area contributed by atoms with Crippen molar-refractivity contribution in [3.8, 4) is 0 Å². The van der Waals surface area contributed by atoms with Crippen LogP contribution in [-0.2, 0) is 16.1 Å². The van der Waals surface area contributed by atoms with Gasteiger partial charge in [-0.3, -0.25) is 14.2 Å². The maximum atomic E-state index is 12.2. The molecule has 0 saturated carbocycles. The number of aromatic nitrogens is 1. The summed E-state index contributed by atoms with van der Waals surface area (Å²) in [5.74, 6) is -1.95. The molecule has 0 atom stereocenters. The summed E-state index contributed by atoms with van der Waals surface area (Å²) in [6.45, 7) is 1.25. The fourth-order valence-electron chi connectivity index (χ4n) is 2.78. The third-order valence-corrected chi connectivity index (χ3v) is 4.44. The van der Waals surface area contributed by atoms with Crippen LogP contribution in [0.25, 0.3) is 11.1 Å². The minimum Gasteiger partial charge on any atom is -0.408 e. The van der Waals surface area contributed by atoms with Crippen molar-refractivity contribution in [3.05, 3.63) is 63.6 Å². The number of rotatable bonds is 6. The lowest BCUT2D eigenvalue weighted by Crippen LogP contribution is -2.38. The van der Waals surface area contributed by atoms with Gasteiger partial charge in [0.15, 0.2) is 5.58 Å². The lowest BCUT2D eigenvalue weighted by atomic mass is 10.2. The summed E-state index contributed by atoms with van der Waals surface area (Å²) >= 11 is 5.94. The summed E-state index contributed by atoms with van der Waals surface area (Å²) in [4.78, 5) is 38.0. The van der Waals surface area contributed by atoms with Crippen LogP contribution in [0.3, 0.4) is 0 Å². The van der Waals surface area contributed by atoms with Crippen LogP contribution in [-0.4, -0.2) is 48.5 Å². The van der Waals surface area contributed by atoms with Crippen molar-refractivity contribution in [3.63, 3.8) is 0 Å². The van der Waals surface area contributed by atoms with Gasteiger partial charge in [0, 0.05) is 29.9 Å². The molecule has 3 rings (SSSR count). The highest BCUT2D eigenvalue weighted by Crippen LogP contribution is 2.20. The highest BCUT2D eigenvalue weighted by molar-refractivity contribution is 6.39. The van der Waals surface area contributed by atoms with Crippen LogP contribution in [0.15, 0.2) is 51.7 Å². The minimum atomic E-state index is -0.749. The van der Waals surface area contributed by atoms with Gasteiger partial charge in [0.2, 0.25) is 0 Å². The van der Waals surface area contributed by atoms with Crippen LogP contribution in [0.4, 0.5) is 5.69 Å². The molecule has 1 heterocycles. The molecule has 0 aliphatic heterocycles. The molecule has 0 spiro atoms. The molecule has 0 aliphatic carbocycles. The molecule has 2 amide bonds. The van der Waals surface area contributed by atoms with Crippen LogP contribution in [0.5, 0.6) is 0 Å². The fraction of sp³-hybridized carbons (Fsp3) is 0.250. The van der Waals surface area contributed by atoms with Crippen LogP contribution < -0.4 is 16.4 Å². The molecule has 0 saturated heterocycles. The predicted octanol–water partition coefficient (Wildman–Crippen LogP) is 1.91. The van der Waals surface area contributed by atoms with E-state index in [1.807, 2.05) is 25.1 Å². The molecular formula is C20H21ClN4O4. The second-order valence-corrected chi connectivity index (χ2v) is 7.22. The molecule has 0 bridgehead atoms. The average molecular weight is 417 g/mol. The van der Waals surface area contributed by atoms with E-state index >= 15 is 0 Å². The van der Waals surface area contributed by atoms with Gasteiger partial charge < -0.3 is 20.0 Å². The van der Waals surface area contributed by atoms with Gasteiger partial charge in [-0.15, -0.1) is 0 Å². The lowest BCUT2D eigenvalue weighted by molar-refractivity contribution is -0.136. The van der Waals surface area contributed by atoms with Crippen molar-refractivity contribution >= 4 is 40.2 Å². The van der Waals surface area contributed by atoms with Crippen LogP contribution in [0.2, 0.25) is 5.02 Å². The Morgan fingerprint density at radius 1 is 1.14 bits per heavy atom. The zero-order valence-electron chi connectivity index (χ0n) is 16.1. The molecule has 0 aliphatic rings. The Bertz CT molecular complexity index is 1100. The Hall–Kier alpha value is -3.10. The Morgan fingerprint density at radius 2 is 1.93 bits per heavy atom. The van der Waals surface area contributed by atoms with E-state index in [4.69, 9.17) is 16.0 Å². The van der Waals surface area contributed by atoms with Gasteiger partial charge in [-0.05, 0) is 43.9 Å². The van der Waals surface area contributed by atoms with Crippen LogP contribution >= 0.6 is 11.6 Å². The third-order valence-electron chi connectivity index (χ3n) is 4.21. The molecule has 0 unspecified atom stereocenters. The summed E-state index contributed by atoms with van der Waals surface area (Å²) in [5.41, 5.74) is 2.24. The summed E-state index contributed by atoms with van der Waals surface area (Å²) in [6.07, 6.45) is 0. The van der Waals surface area contributed by atoms with Crippen molar-refractivity contribution in [1.29, 1.82) is 0 Å². The number of hydrogen-bond donors (Lipinski definition) is 2. The van der Waals surface area contributed by atoms with Crippen LogP contribution in [0, 0.1) is 0 Å². The second-order valence-electron chi connectivity index (χ2n) is 6.78. The minimum absolute atomic E-state index is 0.242. The number of hydrogen-bond acceptors (Lipinski definition) is 5. The molecule has 3 aromatic rings. The highest BCUT2D eigenvalue weighted by Gasteiger charge is 2.14. The van der Waals surface area contributed by atoms with Crippen molar-refractivity contribution in [2.75, 3.05) is 32.5 Å². The Labute approximate surface area is 172 Å². The number of halogens is 1. The van der Waals surface area contributed by atoms with E-state index in [-0.39, 0.29) is 6.54 Å². The molecule has 0 fully saturated rings. The number of fused-ring (bicyclic) bond motifs is 1. The van der Waals surface area contributed by atoms with Gasteiger partial charge in [0.1, 0.15) is 0 Å².